The van der Waals surface area contributed by atoms with Crippen molar-refractivity contribution in [2.24, 2.45) is 5.73 Å². The molecule has 0 aromatic carbocycles. The van der Waals surface area contributed by atoms with Crippen LogP contribution in [0, 0.1) is 0 Å². The van der Waals surface area contributed by atoms with Crippen LogP contribution >= 0.6 is 0 Å². The Kier molecular flexibility index (Phi) is 5.03. The molecule has 0 saturated heterocycles. The summed E-state index contributed by atoms with van der Waals surface area (Å²) in [4.78, 5) is 2.57. The largest absolute Gasteiger partial charge is 0.383 e. The summed E-state index contributed by atoms with van der Waals surface area (Å²) in [5.74, 6) is 0. The van der Waals surface area contributed by atoms with E-state index in [4.69, 9.17) is 10.5 Å². The fourth-order valence-electron chi connectivity index (χ4n) is 2.37. The first-order chi connectivity index (χ1) is 7.18. The predicted molar refractivity (Wildman–Crippen MR) is 64.0 cm³/mol. The highest BCUT2D eigenvalue weighted by molar-refractivity contribution is 4.96. The molecule has 1 fully saturated rings. The molecule has 1 saturated carbocycles. The molecule has 0 radical (unpaired) electrons. The number of methoxy groups -OCH3 is 1. The SMILES string of the molecule is CCCC(C)(CN)N(CCOC)C1CC1. The van der Waals surface area contributed by atoms with Gasteiger partial charge in [-0.05, 0) is 26.2 Å². The van der Waals surface area contributed by atoms with Crippen LogP contribution in [0.2, 0.25) is 0 Å². The van der Waals surface area contributed by atoms with E-state index in [2.05, 4.69) is 18.7 Å². The molecule has 15 heavy (non-hydrogen) atoms. The van der Waals surface area contributed by atoms with Crippen LogP contribution < -0.4 is 5.73 Å². The van der Waals surface area contributed by atoms with Gasteiger partial charge in [-0.1, -0.05) is 13.3 Å². The zero-order valence-corrected chi connectivity index (χ0v) is 10.5. The number of ether oxygens (including phenoxy) is 1. The molecule has 2 N–H and O–H groups in total. The second-order valence-corrected chi connectivity index (χ2v) is 4.87. The molecule has 1 aliphatic carbocycles. The quantitative estimate of drug-likeness (QED) is 0.667. The van der Waals surface area contributed by atoms with Crippen LogP contribution in [0.3, 0.4) is 0 Å². The van der Waals surface area contributed by atoms with Gasteiger partial charge >= 0.3 is 0 Å². The van der Waals surface area contributed by atoms with Gasteiger partial charge in [0.05, 0.1) is 6.61 Å². The van der Waals surface area contributed by atoms with Crippen molar-refractivity contribution in [3.05, 3.63) is 0 Å². The minimum absolute atomic E-state index is 0.175. The summed E-state index contributed by atoms with van der Waals surface area (Å²) in [6.45, 7) is 7.12. The predicted octanol–water partition coefficient (Wildman–Crippen LogP) is 1.61. The van der Waals surface area contributed by atoms with Crippen LogP contribution in [0.4, 0.5) is 0 Å². The first kappa shape index (κ1) is 12.9. The van der Waals surface area contributed by atoms with Crippen LogP contribution in [0.1, 0.15) is 39.5 Å². The number of hydrogen-bond donors (Lipinski definition) is 1. The van der Waals surface area contributed by atoms with Crippen molar-refractivity contribution in [2.75, 3.05) is 26.8 Å². The van der Waals surface area contributed by atoms with Crippen molar-refractivity contribution in [1.29, 1.82) is 0 Å². The topological polar surface area (TPSA) is 38.5 Å². The molecule has 1 aliphatic rings. The summed E-state index contributed by atoms with van der Waals surface area (Å²) in [5.41, 5.74) is 6.12. The van der Waals surface area contributed by atoms with E-state index in [1.807, 2.05) is 0 Å². The van der Waals surface area contributed by atoms with Crippen molar-refractivity contribution >= 4 is 0 Å². The van der Waals surface area contributed by atoms with Gasteiger partial charge in [0, 0.05) is 31.8 Å². The second-order valence-electron chi connectivity index (χ2n) is 4.87. The number of rotatable bonds is 8. The van der Waals surface area contributed by atoms with E-state index in [-0.39, 0.29) is 5.54 Å². The number of nitrogens with zero attached hydrogens (tertiary/aromatic N) is 1. The Morgan fingerprint density at radius 2 is 2.13 bits per heavy atom. The average Bonchev–Trinajstić information content (AvgIpc) is 3.03. The van der Waals surface area contributed by atoms with E-state index in [1.54, 1.807) is 7.11 Å². The van der Waals surface area contributed by atoms with Crippen molar-refractivity contribution in [3.8, 4) is 0 Å². The molecule has 1 atom stereocenters. The van der Waals surface area contributed by atoms with Gasteiger partial charge in [0.2, 0.25) is 0 Å². The summed E-state index contributed by atoms with van der Waals surface area (Å²) in [6.07, 6.45) is 5.06. The molecule has 90 valence electrons. The van der Waals surface area contributed by atoms with Crippen molar-refractivity contribution in [2.45, 2.75) is 51.1 Å². The van der Waals surface area contributed by atoms with Gasteiger partial charge in [-0.2, -0.15) is 0 Å². The standard InChI is InChI=1S/C12H26N2O/c1-4-7-12(2,10-13)14(8-9-15-3)11-5-6-11/h11H,4-10,13H2,1-3H3. The average molecular weight is 214 g/mol. The lowest BCUT2D eigenvalue weighted by Gasteiger charge is -2.41. The molecule has 0 aromatic heterocycles. The Balaban J connectivity index is 2.57. The number of nitrogens with two attached hydrogens (primary N) is 1. The molecule has 0 amide bonds. The molecule has 1 rings (SSSR count). The van der Waals surface area contributed by atoms with Crippen molar-refractivity contribution in [1.82, 2.24) is 4.90 Å². The van der Waals surface area contributed by atoms with Gasteiger partial charge in [-0.25, -0.2) is 0 Å². The Morgan fingerprint density at radius 3 is 2.53 bits per heavy atom. The zero-order chi connectivity index (χ0) is 11.3. The van der Waals surface area contributed by atoms with Crippen molar-refractivity contribution in [3.63, 3.8) is 0 Å². The maximum absolute atomic E-state index is 5.95. The maximum atomic E-state index is 5.95. The molecule has 3 heteroatoms. The Bertz CT molecular complexity index is 182. The molecule has 0 heterocycles. The number of hydrogen-bond acceptors (Lipinski definition) is 3. The lowest BCUT2D eigenvalue weighted by Crippen LogP contribution is -2.53. The highest BCUT2D eigenvalue weighted by Crippen LogP contribution is 2.34. The first-order valence-electron chi connectivity index (χ1n) is 6.13. The third-order valence-corrected chi connectivity index (χ3v) is 3.45. The molecule has 0 spiro atoms. The molecular formula is C12H26N2O. The van der Waals surface area contributed by atoms with Gasteiger partial charge in [-0.15, -0.1) is 0 Å². The fraction of sp³-hybridized carbons (Fsp3) is 1.00. The van der Waals surface area contributed by atoms with Gasteiger partial charge in [0.15, 0.2) is 0 Å². The lowest BCUT2D eigenvalue weighted by atomic mass is 9.93. The van der Waals surface area contributed by atoms with E-state index < -0.39 is 0 Å². The maximum Gasteiger partial charge on any atom is 0.0590 e. The van der Waals surface area contributed by atoms with Crippen LogP contribution in [0.15, 0.2) is 0 Å². The Labute approximate surface area is 94.0 Å². The minimum atomic E-state index is 0.175. The van der Waals surface area contributed by atoms with E-state index >= 15 is 0 Å². The lowest BCUT2D eigenvalue weighted by molar-refractivity contribution is 0.0574. The zero-order valence-electron chi connectivity index (χ0n) is 10.5. The van der Waals surface area contributed by atoms with Crippen LogP contribution in [-0.4, -0.2) is 43.3 Å². The van der Waals surface area contributed by atoms with E-state index in [9.17, 15) is 0 Å². The van der Waals surface area contributed by atoms with E-state index in [0.29, 0.717) is 0 Å². The molecule has 1 unspecified atom stereocenters. The van der Waals surface area contributed by atoms with Gasteiger partial charge in [0.1, 0.15) is 0 Å². The third-order valence-electron chi connectivity index (χ3n) is 3.45. The molecule has 0 aromatic rings. The van der Waals surface area contributed by atoms with Gasteiger partial charge in [-0.3, -0.25) is 4.90 Å². The highest BCUT2D eigenvalue weighted by atomic mass is 16.5. The van der Waals surface area contributed by atoms with Gasteiger partial charge < -0.3 is 10.5 Å². The second kappa shape index (κ2) is 5.83. The summed E-state index contributed by atoms with van der Waals surface area (Å²) >= 11 is 0. The normalized spacial score (nSPS) is 20.6. The smallest absolute Gasteiger partial charge is 0.0590 e. The van der Waals surface area contributed by atoms with E-state index in [1.165, 1.54) is 25.7 Å². The minimum Gasteiger partial charge on any atom is -0.383 e. The van der Waals surface area contributed by atoms with E-state index in [0.717, 1.165) is 25.7 Å². The monoisotopic (exact) mass is 214 g/mol. The molecule has 3 nitrogen and oxygen atoms in total. The van der Waals surface area contributed by atoms with Gasteiger partial charge in [0.25, 0.3) is 0 Å². The van der Waals surface area contributed by atoms with Crippen LogP contribution in [0.5, 0.6) is 0 Å². The summed E-state index contributed by atoms with van der Waals surface area (Å²) in [7, 11) is 1.77. The summed E-state index contributed by atoms with van der Waals surface area (Å²) in [5, 5.41) is 0. The van der Waals surface area contributed by atoms with Crippen LogP contribution in [-0.2, 0) is 4.74 Å². The summed E-state index contributed by atoms with van der Waals surface area (Å²) < 4.78 is 5.19. The van der Waals surface area contributed by atoms with Crippen molar-refractivity contribution < 1.29 is 4.74 Å². The fourth-order valence-corrected chi connectivity index (χ4v) is 2.37. The summed E-state index contributed by atoms with van der Waals surface area (Å²) in [6, 6.07) is 0.764. The molecule has 0 aliphatic heterocycles. The third kappa shape index (κ3) is 3.44. The molecular weight excluding hydrogens is 188 g/mol. The van der Waals surface area contributed by atoms with Crippen LogP contribution in [0.25, 0.3) is 0 Å². The Morgan fingerprint density at radius 1 is 1.47 bits per heavy atom. The Hall–Kier alpha value is -0.120. The molecule has 0 bridgehead atoms. The first-order valence-corrected chi connectivity index (χ1v) is 6.13. The highest BCUT2D eigenvalue weighted by Gasteiger charge is 2.39.